The summed E-state index contributed by atoms with van der Waals surface area (Å²) in [5.74, 6) is 3.31. The Morgan fingerprint density at radius 3 is 2.88 bits per heavy atom. The Morgan fingerprint density at radius 2 is 2.19 bits per heavy atom. The zero-order chi connectivity index (χ0) is 18.8. The Kier molecular flexibility index (Phi) is 8.84. The van der Waals surface area contributed by atoms with Gasteiger partial charge in [0.2, 0.25) is 0 Å². The number of unbranched alkanes of at least 4 members (excludes halogenated alkanes) is 1. The smallest absolute Gasteiger partial charge is 0.194 e. The van der Waals surface area contributed by atoms with Crippen LogP contribution in [-0.2, 0) is 23.1 Å². The number of rotatable bonds is 10. The summed E-state index contributed by atoms with van der Waals surface area (Å²) in [6, 6.07) is 0. The van der Waals surface area contributed by atoms with Gasteiger partial charge in [-0.05, 0) is 19.8 Å². The van der Waals surface area contributed by atoms with Crippen molar-refractivity contribution in [3.05, 3.63) is 11.6 Å². The number of hydrogen-bond donors (Lipinski definition) is 1. The van der Waals surface area contributed by atoms with Crippen molar-refractivity contribution in [2.45, 2.75) is 39.7 Å². The van der Waals surface area contributed by atoms with Crippen LogP contribution in [0.25, 0.3) is 0 Å². The van der Waals surface area contributed by atoms with E-state index in [1.807, 2.05) is 18.5 Å². The first-order chi connectivity index (χ1) is 12.7. The Balaban J connectivity index is 1.91. The molecule has 8 heteroatoms. The molecule has 2 rings (SSSR count). The number of aromatic nitrogens is 3. The molecule has 26 heavy (non-hydrogen) atoms. The summed E-state index contributed by atoms with van der Waals surface area (Å²) in [6.45, 7) is 9.71. The Morgan fingerprint density at radius 1 is 1.35 bits per heavy atom. The van der Waals surface area contributed by atoms with E-state index in [1.54, 1.807) is 7.11 Å². The summed E-state index contributed by atoms with van der Waals surface area (Å²) in [6.07, 6.45) is 3.43. The highest BCUT2D eigenvalue weighted by Gasteiger charge is 2.25. The molecule has 0 bridgehead atoms. The summed E-state index contributed by atoms with van der Waals surface area (Å²) in [7, 11) is 3.68. The number of nitrogens with zero attached hydrogens (tertiary/aromatic N) is 5. The Bertz CT molecular complexity index is 560. The van der Waals surface area contributed by atoms with E-state index in [0.717, 1.165) is 56.7 Å². The Labute approximate surface area is 157 Å². The van der Waals surface area contributed by atoms with Gasteiger partial charge in [-0.2, -0.15) is 0 Å². The molecular formula is C18H34N6O2. The lowest BCUT2D eigenvalue weighted by Gasteiger charge is -2.22. The summed E-state index contributed by atoms with van der Waals surface area (Å²) < 4.78 is 12.7. The van der Waals surface area contributed by atoms with E-state index in [1.165, 1.54) is 6.42 Å². The average molecular weight is 367 g/mol. The van der Waals surface area contributed by atoms with Gasteiger partial charge in [-0.3, -0.25) is 0 Å². The van der Waals surface area contributed by atoms with E-state index in [0.29, 0.717) is 25.7 Å². The molecule has 0 amide bonds. The van der Waals surface area contributed by atoms with Crippen LogP contribution >= 0.6 is 0 Å². The van der Waals surface area contributed by atoms with Crippen LogP contribution in [-0.4, -0.2) is 72.2 Å². The van der Waals surface area contributed by atoms with Crippen LogP contribution in [0, 0.1) is 12.8 Å². The minimum absolute atomic E-state index is 0.539. The number of hydrogen-bond acceptors (Lipinski definition) is 5. The summed E-state index contributed by atoms with van der Waals surface area (Å²) in [5, 5.41) is 11.8. The molecule has 1 aliphatic heterocycles. The predicted molar refractivity (Wildman–Crippen MR) is 102 cm³/mol. The molecule has 0 saturated carbocycles. The number of likely N-dealkylation sites (tertiary alicyclic amines) is 1. The van der Waals surface area contributed by atoms with Gasteiger partial charge < -0.3 is 24.3 Å². The van der Waals surface area contributed by atoms with E-state index in [9.17, 15) is 0 Å². The van der Waals surface area contributed by atoms with Gasteiger partial charge in [0.15, 0.2) is 11.8 Å². The Hall–Kier alpha value is -1.67. The second kappa shape index (κ2) is 11.1. The van der Waals surface area contributed by atoms with Crippen LogP contribution < -0.4 is 5.32 Å². The van der Waals surface area contributed by atoms with Crippen LogP contribution in [0.2, 0.25) is 0 Å². The minimum Gasteiger partial charge on any atom is -0.382 e. The second-order valence-electron chi connectivity index (χ2n) is 6.81. The van der Waals surface area contributed by atoms with Gasteiger partial charge in [-0.1, -0.05) is 13.3 Å². The van der Waals surface area contributed by atoms with Gasteiger partial charge in [-0.25, -0.2) is 4.99 Å². The van der Waals surface area contributed by atoms with Crippen molar-refractivity contribution in [2.75, 3.05) is 46.6 Å². The summed E-state index contributed by atoms with van der Waals surface area (Å²) >= 11 is 0. The number of nitrogens with one attached hydrogen (secondary N) is 1. The van der Waals surface area contributed by atoms with Crippen molar-refractivity contribution < 1.29 is 9.47 Å². The van der Waals surface area contributed by atoms with Gasteiger partial charge in [0.05, 0.1) is 19.8 Å². The fourth-order valence-corrected chi connectivity index (χ4v) is 2.93. The molecule has 1 fully saturated rings. The maximum atomic E-state index is 5.70. The van der Waals surface area contributed by atoms with Crippen molar-refractivity contribution in [2.24, 2.45) is 18.0 Å². The second-order valence-corrected chi connectivity index (χ2v) is 6.81. The van der Waals surface area contributed by atoms with E-state index < -0.39 is 0 Å². The van der Waals surface area contributed by atoms with Gasteiger partial charge in [-0.15, -0.1) is 10.2 Å². The van der Waals surface area contributed by atoms with Gasteiger partial charge in [0.25, 0.3) is 0 Å². The van der Waals surface area contributed by atoms with Crippen LogP contribution in [0.1, 0.15) is 37.8 Å². The SMILES string of the molecule is CCCCNC(=NCc1nnc(C)n1C)N1CCC(COCCOC)C1. The molecule has 2 heterocycles. The molecule has 1 saturated heterocycles. The number of ether oxygens (including phenoxy) is 2. The van der Waals surface area contributed by atoms with Crippen molar-refractivity contribution >= 4 is 5.96 Å². The molecule has 1 aromatic rings. The highest BCUT2D eigenvalue weighted by Crippen LogP contribution is 2.17. The summed E-state index contributed by atoms with van der Waals surface area (Å²) in [5.41, 5.74) is 0. The first-order valence-electron chi connectivity index (χ1n) is 9.60. The quantitative estimate of drug-likeness (QED) is 0.383. The maximum absolute atomic E-state index is 5.70. The summed E-state index contributed by atoms with van der Waals surface area (Å²) in [4.78, 5) is 7.15. The molecule has 0 spiro atoms. The van der Waals surface area contributed by atoms with E-state index in [2.05, 4.69) is 27.3 Å². The topological polar surface area (TPSA) is 76.8 Å². The molecule has 8 nitrogen and oxygen atoms in total. The lowest BCUT2D eigenvalue weighted by atomic mass is 10.1. The van der Waals surface area contributed by atoms with E-state index >= 15 is 0 Å². The fourth-order valence-electron chi connectivity index (χ4n) is 2.93. The molecule has 148 valence electrons. The maximum Gasteiger partial charge on any atom is 0.194 e. The van der Waals surface area contributed by atoms with Crippen LogP contribution in [0.3, 0.4) is 0 Å². The molecule has 1 atom stereocenters. The van der Waals surface area contributed by atoms with Crippen LogP contribution in [0.5, 0.6) is 0 Å². The first kappa shape index (κ1) is 20.6. The van der Waals surface area contributed by atoms with Gasteiger partial charge in [0, 0.05) is 39.7 Å². The number of guanidine groups is 1. The van der Waals surface area contributed by atoms with Gasteiger partial charge >= 0.3 is 0 Å². The standard InChI is InChI=1S/C18H34N6O2/c1-5-6-8-19-18(20-12-17-22-21-15(2)23(17)3)24-9-7-16(13-24)14-26-11-10-25-4/h16H,5-14H2,1-4H3,(H,19,20). The van der Waals surface area contributed by atoms with Crippen molar-refractivity contribution in [1.82, 2.24) is 25.0 Å². The van der Waals surface area contributed by atoms with E-state index in [-0.39, 0.29) is 0 Å². The zero-order valence-corrected chi connectivity index (χ0v) is 16.7. The minimum atomic E-state index is 0.539. The lowest BCUT2D eigenvalue weighted by molar-refractivity contribution is 0.0536. The molecule has 0 aromatic carbocycles. The lowest BCUT2D eigenvalue weighted by Crippen LogP contribution is -2.40. The normalized spacial score (nSPS) is 17.9. The van der Waals surface area contributed by atoms with Crippen molar-refractivity contribution in [3.63, 3.8) is 0 Å². The molecule has 0 aliphatic carbocycles. The monoisotopic (exact) mass is 366 g/mol. The van der Waals surface area contributed by atoms with Crippen molar-refractivity contribution in [1.29, 1.82) is 0 Å². The zero-order valence-electron chi connectivity index (χ0n) is 16.7. The number of aliphatic imine (C=N–C) groups is 1. The van der Waals surface area contributed by atoms with Gasteiger partial charge in [0.1, 0.15) is 12.4 Å². The fraction of sp³-hybridized carbons (Fsp3) is 0.833. The highest BCUT2D eigenvalue weighted by atomic mass is 16.5. The predicted octanol–water partition coefficient (Wildman–Crippen LogP) is 1.35. The number of aryl methyl sites for hydroxylation is 1. The highest BCUT2D eigenvalue weighted by molar-refractivity contribution is 5.80. The molecule has 1 aliphatic rings. The third-order valence-corrected chi connectivity index (χ3v) is 4.74. The molecule has 1 N–H and O–H groups in total. The largest absolute Gasteiger partial charge is 0.382 e. The van der Waals surface area contributed by atoms with Crippen LogP contribution in [0.15, 0.2) is 4.99 Å². The third kappa shape index (κ3) is 6.25. The van der Waals surface area contributed by atoms with Crippen molar-refractivity contribution in [3.8, 4) is 0 Å². The molecule has 1 unspecified atom stereocenters. The molecule has 0 radical (unpaired) electrons. The van der Waals surface area contributed by atoms with E-state index in [4.69, 9.17) is 14.5 Å². The van der Waals surface area contributed by atoms with Crippen LogP contribution in [0.4, 0.5) is 0 Å². The number of methoxy groups -OCH3 is 1. The molecule has 1 aromatic heterocycles. The first-order valence-corrected chi connectivity index (χ1v) is 9.60. The molecular weight excluding hydrogens is 332 g/mol. The average Bonchev–Trinajstić information content (AvgIpc) is 3.23. The third-order valence-electron chi connectivity index (χ3n) is 4.74.